The average molecular weight is 425 g/mol. The highest BCUT2D eigenvalue weighted by Gasteiger charge is 2.28. The lowest BCUT2D eigenvalue weighted by Gasteiger charge is -2.34. The van der Waals surface area contributed by atoms with Gasteiger partial charge in [-0.05, 0) is 42.0 Å². The molecule has 0 saturated carbocycles. The molecular weight excluding hydrogens is 404 g/mol. The lowest BCUT2D eigenvalue weighted by Crippen LogP contribution is -2.48. The second kappa shape index (κ2) is 7.86. The van der Waals surface area contributed by atoms with Gasteiger partial charge >= 0.3 is 0 Å². The Bertz CT molecular complexity index is 816. The van der Waals surface area contributed by atoms with Gasteiger partial charge in [-0.15, -0.1) is 0 Å². The summed E-state index contributed by atoms with van der Waals surface area (Å²) in [7, 11) is -1.88. The van der Waals surface area contributed by atoms with E-state index in [0.29, 0.717) is 23.7 Å². The maximum atomic E-state index is 12.8. The van der Waals surface area contributed by atoms with Crippen LogP contribution in [0.2, 0.25) is 0 Å². The first-order chi connectivity index (χ1) is 12.0. The van der Waals surface area contributed by atoms with E-state index in [-0.39, 0.29) is 0 Å². The van der Waals surface area contributed by atoms with Gasteiger partial charge in [0.1, 0.15) is 5.75 Å². The maximum absolute atomic E-state index is 12.8. The first kappa shape index (κ1) is 18.4. The first-order valence-corrected chi connectivity index (χ1v) is 10.3. The summed E-state index contributed by atoms with van der Waals surface area (Å²) in [5, 5.41) is 0. The van der Waals surface area contributed by atoms with Gasteiger partial charge in [-0.2, -0.15) is 4.31 Å². The second-order valence-electron chi connectivity index (χ2n) is 5.99. The topological polar surface area (TPSA) is 49.9 Å². The van der Waals surface area contributed by atoms with Crippen LogP contribution < -0.4 is 4.74 Å². The normalized spacial score (nSPS) is 16.7. The molecule has 1 aliphatic heterocycles. The number of benzene rings is 2. The highest BCUT2D eigenvalue weighted by Crippen LogP contribution is 2.21. The Hall–Kier alpha value is -1.41. The highest BCUT2D eigenvalue weighted by molar-refractivity contribution is 9.10. The third-order valence-electron chi connectivity index (χ3n) is 4.32. The molecule has 0 aromatic heterocycles. The Morgan fingerprint density at radius 2 is 1.72 bits per heavy atom. The SMILES string of the molecule is COc1ccc(S(=O)(=O)N2CCN(Cc3cccc(Br)c3)CC2)cc1. The molecule has 1 aliphatic rings. The fourth-order valence-corrected chi connectivity index (χ4v) is 4.79. The standard InChI is InChI=1S/C18H21BrN2O3S/c1-24-17-5-7-18(8-6-17)25(22,23)21-11-9-20(10-12-21)14-15-3-2-4-16(19)13-15/h2-8,13H,9-12,14H2,1H3. The molecule has 0 aliphatic carbocycles. The summed E-state index contributed by atoms with van der Waals surface area (Å²) in [5.74, 6) is 0.651. The highest BCUT2D eigenvalue weighted by atomic mass is 79.9. The number of halogens is 1. The van der Waals surface area contributed by atoms with Crippen LogP contribution in [0.15, 0.2) is 57.9 Å². The van der Waals surface area contributed by atoms with Crippen molar-refractivity contribution in [2.45, 2.75) is 11.4 Å². The van der Waals surface area contributed by atoms with Crippen LogP contribution >= 0.6 is 15.9 Å². The summed E-state index contributed by atoms with van der Waals surface area (Å²) in [6, 6.07) is 14.8. The van der Waals surface area contributed by atoms with E-state index in [2.05, 4.69) is 33.0 Å². The molecule has 0 amide bonds. The fraction of sp³-hybridized carbons (Fsp3) is 0.333. The van der Waals surface area contributed by atoms with Crippen molar-refractivity contribution in [3.05, 3.63) is 58.6 Å². The van der Waals surface area contributed by atoms with Gasteiger partial charge in [-0.25, -0.2) is 8.42 Å². The number of nitrogens with zero attached hydrogens (tertiary/aromatic N) is 2. The number of sulfonamides is 1. The van der Waals surface area contributed by atoms with Crippen molar-refractivity contribution in [1.82, 2.24) is 9.21 Å². The molecule has 134 valence electrons. The summed E-state index contributed by atoms with van der Waals surface area (Å²) < 4.78 is 33.2. The van der Waals surface area contributed by atoms with Crippen LogP contribution in [0.3, 0.4) is 0 Å². The van der Waals surface area contributed by atoms with E-state index < -0.39 is 10.0 Å². The number of hydrogen-bond donors (Lipinski definition) is 0. The fourth-order valence-electron chi connectivity index (χ4n) is 2.92. The summed E-state index contributed by atoms with van der Waals surface area (Å²) in [4.78, 5) is 2.59. The lowest BCUT2D eigenvalue weighted by atomic mass is 10.2. The lowest BCUT2D eigenvalue weighted by molar-refractivity contribution is 0.181. The second-order valence-corrected chi connectivity index (χ2v) is 8.84. The van der Waals surface area contributed by atoms with Crippen LogP contribution in [-0.4, -0.2) is 50.9 Å². The molecule has 2 aromatic rings. The van der Waals surface area contributed by atoms with Gasteiger partial charge in [0, 0.05) is 37.2 Å². The molecule has 0 spiro atoms. The monoisotopic (exact) mass is 424 g/mol. The van der Waals surface area contributed by atoms with Gasteiger partial charge in [0.05, 0.1) is 12.0 Å². The molecule has 0 N–H and O–H groups in total. The van der Waals surface area contributed by atoms with Crippen molar-refractivity contribution >= 4 is 26.0 Å². The third-order valence-corrected chi connectivity index (χ3v) is 6.73. The van der Waals surface area contributed by atoms with Crippen molar-refractivity contribution in [2.24, 2.45) is 0 Å². The summed E-state index contributed by atoms with van der Waals surface area (Å²) in [6.07, 6.45) is 0. The minimum absolute atomic E-state index is 0.314. The smallest absolute Gasteiger partial charge is 0.243 e. The molecule has 1 saturated heterocycles. The summed E-state index contributed by atoms with van der Waals surface area (Å²) in [5.41, 5.74) is 1.22. The molecule has 3 rings (SSSR count). The van der Waals surface area contributed by atoms with Crippen molar-refractivity contribution in [2.75, 3.05) is 33.3 Å². The van der Waals surface area contributed by atoms with Gasteiger partial charge < -0.3 is 4.74 Å². The average Bonchev–Trinajstić information content (AvgIpc) is 2.62. The van der Waals surface area contributed by atoms with Crippen LogP contribution in [0.1, 0.15) is 5.56 Å². The number of methoxy groups -OCH3 is 1. The summed E-state index contributed by atoms with van der Waals surface area (Å²) in [6.45, 7) is 3.28. The van der Waals surface area contributed by atoms with E-state index in [9.17, 15) is 8.42 Å². The quantitative estimate of drug-likeness (QED) is 0.739. The minimum atomic E-state index is -3.45. The summed E-state index contributed by atoms with van der Waals surface area (Å²) >= 11 is 3.48. The largest absolute Gasteiger partial charge is 0.497 e. The van der Waals surface area contributed by atoms with E-state index in [4.69, 9.17) is 4.74 Å². The van der Waals surface area contributed by atoms with Crippen molar-refractivity contribution in [1.29, 1.82) is 0 Å². The molecule has 0 radical (unpaired) electrons. The molecule has 1 fully saturated rings. The number of rotatable bonds is 5. The van der Waals surface area contributed by atoms with E-state index in [1.165, 1.54) is 5.56 Å². The van der Waals surface area contributed by atoms with Crippen molar-refractivity contribution in [3.8, 4) is 5.75 Å². The van der Waals surface area contributed by atoms with Gasteiger partial charge in [-0.3, -0.25) is 4.90 Å². The van der Waals surface area contributed by atoms with E-state index in [0.717, 1.165) is 24.1 Å². The number of piperazine rings is 1. The zero-order valence-electron chi connectivity index (χ0n) is 14.1. The molecular formula is C18H21BrN2O3S. The van der Waals surface area contributed by atoms with Crippen LogP contribution in [0.4, 0.5) is 0 Å². The predicted molar refractivity (Wildman–Crippen MR) is 101 cm³/mol. The zero-order chi connectivity index (χ0) is 17.9. The van der Waals surface area contributed by atoms with Gasteiger partial charge in [-0.1, -0.05) is 28.1 Å². The molecule has 2 aromatic carbocycles. The Morgan fingerprint density at radius 1 is 1.04 bits per heavy atom. The minimum Gasteiger partial charge on any atom is -0.497 e. The first-order valence-electron chi connectivity index (χ1n) is 8.10. The van der Waals surface area contributed by atoms with Crippen molar-refractivity contribution < 1.29 is 13.2 Å². The molecule has 0 atom stereocenters. The molecule has 7 heteroatoms. The molecule has 25 heavy (non-hydrogen) atoms. The van der Waals surface area contributed by atoms with Crippen LogP contribution in [0.5, 0.6) is 5.75 Å². The molecule has 1 heterocycles. The third kappa shape index (κ3) is 4.41. The molecule has 0 unspecified atom stereocenters. The van der Waals surface area contributed by atoms with Gasteiger partial charge in [0.2, 0.25) is 10.0 Å². The Labute approximate surface area is 157 Å². The van der Waals surface area contributed by atoms with E-state index in [1.54, 1.807) is 35.7 Å². The Balaban J connectivity index is 1.62. The van der Waals surface area contributed by atoms with E-state index in [1.807, 2.05) is 12.1 Å². The van der Waals surface area contributed by atoms with Crippen molar-refractivity contribution in [3.63, 3.8) is 0 Å². The number of ether oxygens (including phenoxy) is 1. The zero-order valence-corrected chi connectivity index (χ0v) is 16.5. The van der Waals surface area contributed by atoms with Crippen LogP contribution in [0.25, 0.3) is 0 Å². The maximum Gasteiger partial charge on any atom is 0.243 e. The van der Waals surface area contributed by atoms with Crippen LogP contribution in [-0.2, 0) is 16.6 Å². The van der Waals surface area contributed by atoms with Gasteiger partial charge in [0.15, 0.2) is 0 Å². The van der Waals surface area contributed by atoms with Crippen LogP contribution in [0, 0.1) is 0 Å². The molecule has 5 nitrogen and oxygen atoms in total. The Morgan fingerprint density at radius 3 is 2.32 bits per heavy atom. The van der Waals surface area contributed by atoms with Gasteiger partial charge in [0.25, 0.3) is 0 Å². The Kier molecular flexibility index (Phi) is 5.78. The van der Waals surface area contributed by atoms with E-state index >= 15 is 0 Å². The number of hydrogen-bond acceptors (Lipinski definition) is 4. The predicted octanol–water partition coefficient (Wildman–Crippen LogP) is 2.96. The molecule has 0 bridgehead atoms.